The molecule has 0 amide bonds. The lowest BCUT2D eigenvalue weighted by atomic mass is 9.61. The minimum atomic E-state index is -0.176. The first-order valence-corrected chi connectivity index (χ1v) is 9.35. The number of hydrogen-bond acceptors (Lipinski definition) is 3. The van der Waals surface area contributed by atoms with Crippen LogP contribution >= 0.6 is 11.6 Å². The minimum Gasteiger partial charge on any atom is -0.508 e. The Labute approximate surface area is 158 Å². The predicted molar refractivity (Wildman–Crippen MR) is 104 cm³/mol. The molecule has 0 unspecified atom stereocenters. The van der Waals surface area contributed by atoms with Crippen LogP contribution in [-0.4, -0.2) is 35.4 Å². The number of halogens is 1. The number of ketones is 1. The SMILES string of the molecule is CN1CC[C@@]2(c3cccc(O)c3)CC(=O)/C(=C/c3ccc(Cl)cc3)[C@H]1C2. The van der Waals surface area contributed by atoms with Crippen molar-refractivity contribution in [1.29, 1.82) is 0 Å². The van der Waals surface area contributed by atoms with E-state index in [2.05, 4.69) is 11.9 Å². The third-order valence-corrected chi connectivity index (χ3v) is 6.14. The molecule has 4 heteroatoms. The van der Waals surface area contributed by atoms with Gasteiger partial charge in [0, 0.05) is 28.5 Å². The molecule has 1 aliphatic heterocycles. The zero-order valence-electron chi connectivity index (χ0n) is 14.8. The standard InChI is InChI=1S/C22H22ClNO2/c1-24-10-9-22(16-3-2-4-18(25)12-16)13-20(24)19(21(26)14-22)11-15-5-7-17(23)8-6-15/h2-8,11-12,20,25H,9-10,13-14H2,1H3/b19-11+/t20-,22+/m1/s1. The lowest BCUT2D eigenvalue weighted by Gasteiger charge is -2.50. The fourth-order valence-electron chi connectivity index (χ4n) is 4.39. The molecule has 0 aromatic heterocycles. The van der Waals surface area contributed by atoms with Crippen LogP contribution in [0.25, 0.3) is 6.08 Å². The van der Waals surface area contributed by atoms with Crippen LogP contribution in [0.15, 0.2) is 54.1 Å². The van der Waals surface area contributed by atoms with Gasteiger partial charge in [0.2, 0.25) is 0 Å². The molecule has 2 aromatic carbocycles. The highest BCUT2D eigenvalue weighted by Crippen LogP contribution is 2.47. The molecule has 2 aliphatic rings. The molecule has 4 rings (SSSR count). The highest BCUT2D eigenvalue weighted by atomic mass is 35.5. The van der Waals surface area contributed by atoms with E-state index in [0.717, 1.165) is 36.1 Å². The number of likely N-dealkylation sites (N-methyl/N-ethyl adjacent to an activating group) is 1. The van der Waals surface area contributed by atoms with Crippen molar-refractivity contribution in [2.75, 3.05) is 13.6 Å². The Balaban J connectivity index is 1.72. The zero-order valence-corrected chi connectivity index (χ0v) is 15.5. The van der Waals surface area contributed by atoms with Crippen molar-refractivity contribution in [2.45, 2.75) is 30.7 Å². The average molecular weight is 368 g/mol. The molecule has 1 heterocycles. The van der Waals surface area contributed by atoms with E-state index in [4.69, 9.17) is 11.6 Å². The summed E-state index contributed by atoms with van der Waals surface area (Å²) in [5, 5.41) is 10.6. The predicted octanol–water partition coefficient (Wildman–Crippen LogP) is 4.43. The van der Waals surface area contributed by atoms with Gasteiger partial charge in [-0.3, -0.25) is 9.69 Å². The molecule has 134 valence electrons. The molecule has 26 heavy (non-hydrogen) atoms. The highest BCUT2D eigenvalue weighted by Gasteiger charge is 2.48. The fraction of sp³-hybridized carbons (Fsp3) is 0.318. The number of carbonyl (C=O) groups is 1. The molecule has 3 nitrogen and oxygen atoms in total. The van der Waals surface area contributed by atoms with Crippen molar-refractivity contribution < 1.29 is 9.90 Å². The van der Waals surface area contributed by atoms with Crippen LogP contribution in [0.1, 0.15) is 30.4 Å². The summed E-state index contributed by atoms with van der Waals surface area (Å²) in [5.74, 6) is 0.466. The molecular formula is C22H22ClNO2. The number of phenols is 1. The number of likely N-dealkylation sites (tertiary alicyclic amines) is 1. The number of fused-ring (bicyclic) bond motifs is 2. The number of aromatic hydroxyl groups is 1. The van der Waals surface area contributed by atoms with E-state index in [1.807, 2.05) is 48.5 Å². The van der Waals surface area contributed by atoms with Crippen LogP contribution in [0.2, 0.25) is 5.02 Å². The number of Topliss-reactive ketones (excluding diaryl/α,β-unsaturated/α-hetero) is 1. The van der Waals surface area contributed by atoms with Crippen molar-refractivity contribution in [3.05, 3.63) is 70.3 Å². The van der Waals surface area contributed by atoms with Gasteiger partial charge in [-0.15, -0.1) is 0 Å². The van der Waals surface area contributed by atoms with Crippen LogP contribution in [0, 0.1) is 0 Å². The van der Waals surface area contributed by atoms with Gasteiger partial charge in [0.05, 0.1) is 0 Å². The van der Waals surface area contributed by atoms with E-state index in [0.29, 0.717) is 11.4 Å². The monoisotopic (exact) mass is 367 g/mol. The van der Waals surface area contributed by atoms with E-state index in [1.54, 1.807) is 6.07 Å². The first-order valence-electron chi connectivity index (χ1n) is 8.97. The maximum Gasteiger partial charge on any atom is 0.161 e. The van der Waals surface area contributed by atoms with E-state index in [1.165, 1.54) is 0 Å². The number of carbonyl (C=O) groups excluding carboxylic acids is 1. The fourth-order valence-corrected chi connectivity index (χ4v) is 4.52. The summed E-state index contributed by atoms with van der Waals surface area (Å²) in [6.07, 6.45) is 4.35. The summed E-state index contributed by atoms with van der Waals surface area (Å²) >= 11 is 5.97. The van der Waals surface area contributed by atoms with Crippen LogP contribution in [0.4, 0.5) is 0 Å². The van der Waals surface area contributed by atoms with Gasteiger partial charge >= 0.3 is 0 Å². The van der Waals surface area contributed by atoms with Gasteiger partial charge in [-0.1, -0.05) is 35.9 Å². The molecule has 1 N–H and O–H groups in total. The van der Waals surface area contributed by atoms with Gasteiger partial charge in [0.25, 0.3) is 0 Å². The Morgan fingerprint density at radius 1 is 1.23 bits per heavy atom. The minimum absolute atomic E-state index is 0.100. The van der Waals surface area contributed by atoms with Crippen molar-refractivity contribution in [3.8, 4) is 5.75 Å². The Morgan fingerprint density at radius 2 is 2.00 bits per heavy atom. The molecule has 1 aliphatic carbocycles. The largest absolute Gasteiger partial charge is 0.508 e. The second-order valence-corrected chi connectivity index (χ2v) is 7.97. The van der Waals surface area contributed by atoms with Crippen molar-refractivity contribution in [2.24, 2.45) is 0 Å². The third kappa shape index (κ3) is 3.06. The summed E-state index contributed by atoms with van der Waals surface area (Å²) in [5.41, 5.74) is 2.78. The first-order chi connectivity index (χ1) is 12.5. The van der Waals surface area contributed by atoms with E-state index < -0.39 is 0 Å². The maximum atomic E-state index is 13.1. The molecule has 2 aromatic rings. The van der Waals surface area contributed by atoms with Gasteiger partial charge in [-0.05, 0) is 67.9 Å². The lowest BCUT2D eigenvalue weighted by molar-refractivity contribution is -0.120. The molecule has 0 radical (unpaired) electrons. The second kappa shape index (κ2) is 6.57. The van der Waals surface area contributed by atoms with Gasteiger partial charge in [0.1, 0.15) is 5.75 Å². The number of hydrogen-bond donors (Lipinski definition) is 1. The van der Waals surface area contributed by atoms with Crippen LogP contribution in [0.5, 0.6) is 5.75 Å². The molecule has 2 bridgehead atoms. The normalized spacial score (nSPS) is 27.7. The quantitative estimate of drug-likeness (QED) is 0.798. The number of benzene rings is 2. The number of phenolic OH excluding ortho intramolecular Hbond substituents is 1. The van der Waals surface area contributed by atoms with E-state index in [-0.39, 0.29) is 23.0 Å². The summed E-state index contributed by atoms with van der Waals surface area (Å²) in [6.45, 7) is 0.936. The van der Waals surface area contributed by atoms with Crippen molar-refractivity contribution >= 4 is 23.5 Å². The number of rotatable bonds is 2. The molecular weight excluding hydrogens is 346 g/mol. The number of piperidine rings is 1. The Morgan fingerprint density at radius 3 is 2.73 bits per heavy atom. The lowest BCUT2D eigenvalue weighted by Crippen LogP contribution is -2.53. The summed E-state index contributed by atoms with van der Waals surface area (Å²) in [6, 6.07) is 15.1. The Hall–Kier alpha value is -2.10. The molecule has 1 saturated heterocycles. The Kier molecular flexibility index (Phi) is 4.37. The number of nitrogens with zero attached hydrogens (tertiary/aromatic N) is 1. The van der Waals surface area contributed by atoms with E-state index >= 15 is 0 Å². The summed E-state index contributed by atoms with van der Waals surface area (Å²) in [7, 11) is 2.09. The average Bonchev–Trinajstić information content (AvgIpc) is 2.63. The van der Waals surface area contributed by atoms with E-state index in [9.17, 15) is 9.90 Å². The molecule has 0 spiro atoms. The maximum absolute atomic E-state index is 13.1. The van der Waals surface area contributed by atoms with Gasteiger partial charge in [-0.25, -0.2) is 0 Å². The molecule has 1 saturated carbocycles. The Bertz CT molecular complexity index is 874. The highest BCUT2D eigenvalue weighted by molar-refractivity contribution is 6.30. The van der Waals surface area contributed by atoms with Gasteiger partial charge < -0.3 is 5.11 Å². The van der Waals surface area contributed by atoms with Gasteiger partial charge in [0.15, 0.2) is 5.78 Å². The molecule has 2 atom stereocenters. The molecule has 2 fully saturated rings. The van der Waals surface area contributed by atoms with Crippen LogP contribution in [-0.2, 0) is 10.2 Å². The van der Waals surface area contributed by atoms with Crippen LogP contribution < -0.4 is 0 Å². The van der Waals surface area contributed by atoms with Crippen molar-refractivity contribution in [1.82, 2.24) is 4.90 Å². The second-order valence-electron chi connectivity index (χ2n) is 7.53. The van der Waals surface area contributed by atoms with Crippen LogP contribution in [0.3, 0.4) is 0 Å². The zero-order chi connectivity index (χ0) is 18.3. The third-order valence-electron chi connectivity index (χ3n) is 5.89. The first kappa shape index (κ1) is 17.3. The van der Waals surface area contributed by atoms with Gasteiger partial charge in [-0.2, -0.15) is 0 Å². The summed E-state index contributed by atoms with van der Waals surface area (Å²) < 4.78 is 0. The van der Waals surface area contributed by atoms with Crippen molar-refractivity contribution in [3.63, 3.8) is 0 Å². The smallest absolute Gasteiger partial charge is 0.161 e. The topological polar surface area (TPSA) is 40.5 Å². The summed E-state index contributed by atoms with van der Waals surface area (Å²) in [4.78, 5) is 15.4.